The molecule has 3 heterocycles. The fraction of sp³-hybridized carbons (Fsp3) is 0.333. The summed E-state index contributed by atoms with van der Waals surface area (Å²) in [5, 5.41) is 10.6. The lowest BCUT2D eigenvalue weighted by Crippen LogP contribution is -2.76. The number of carbonyl (C=O) groups is 2. The number of carbonyl (C=O) groups excluding carboxylic acids is 2. The summed E-state index contributed by atoms with van der Waals surface area (Å²) < 4.78 is 27.9. The van der Waals surface area contributed by atoms with E-state index in [0.717, 1.165) is 0 Å². The van der Waals surface area contributed by atoms with Crippen LogP contribution in [-0.4, -0.2) is 60.1 Å². The number of aliphatic hydroxyl groups is 1. The van der Waals surface area contributed by atoms with E-state index in [0.29, 0.717) is 11.1 Å². The van der Waals surface area contributed by atoms with E-state index in [9.17, 15) is 14.7 Å². The smallest absolute Gasteiger partial charge is 0.338 e. The predicted octanol–water partition coefficient (Wildman–Crippen LogP) is 1.28. The zero-order valence-electron chi connectivity index (χ0n) is 15.1. The van der Waals surface area contributed by atoms with Crippen LogP contribution in [0.4, 0.5) is 0 Å². The van der Waals surface area contributed by atoms with Crippen molar-refractivity contribution in [2.45, 2.75) is 43.1 Å². The lowest BCUT2D eigenvalue weighted by atomic mass is 9.82. The number of ether oxygens (including phenoxy) is 5. The lowest BCUT2D eigenvalue weighted by Gasteiger charge is -2.56. The highest BCUT2D eigenvalue weighted by Crippen LogP contribution is 2.42. The average molecular weight is 398 g/mol. The van der Waals surface area contributed by atoms with Gasteiger partial charge in [-0.3, -0.25) is 0 Å². The van der Waals surface area contributed by atoms with Crippen molar-refractivity contribution in [1.29, 1.82) is 0 Å². The van der Waals surface area contributed by atoms with Crippen LogP contribution in [0.1, 0.15) is 20.7 Å². The van der Waals surface area contributed by atoms with Gasteiger partial charge >= 0.3 is 11.9 Å². The Hall–Kier alpha value is -2.78. The maximum Gasteiger partial charge on any atom is 0.338 e. The Kier molecular flexibility index (Phi) is 4.56. The lowest BCUT2D eigenvalue weighted by molar-refractivity contribution is -0.479. The molecule has 6 rings (SSSR count). The molecule has 1 aliphatic carbocycles. The molecule has 4 fully saturated rings. The molecule has 1 N–H and O–H groups in total. The highest BCUT2D eigenvalue weighted by molar-refractivity contribution is 5.90. The first-order chi connectivity index (χ1) is 14.1. The van der Waals surface area contributed by atoms with Crippen LogP contribution in [0.25, 0.3) is 0 Å². The molecule has 0 spiro atoms. The van der Waals surface area contributed by atoms with Crippen LogP contribution in [0.15, 0.2) is 60.7 Å². The molecule has 0 unspecified atom stereocenters. The number of rotatable bonds is 4. The molecule has 4 aliphatic rings. The monoisotopic (exact) mass is 398 g/mol. The molecule has 1 saturated carbocycles. The van der Waals surface area contributed by atoms with E-state index in [1.165, 1.54) is 0 Å². The molecular weight excluding hydrogens is 380 g/mol. The Bertz CT molecular complexity index is 830. The van der Waals surface area contributed by atoms with E-state index in [-0.39, 0.29) is 0 Å². The summed E-state index contributed by atoms with van der Waals surface area (Å²) in [6.45, 7) is -1.00. The van der Waals surface area contributed by atoms with E-state index in [4.69, 9.17) is 23.7 Å². The van der Waals surface area contributed by atoms with Crippen molar-refractivity contribution in [2.75, 3.05) is 0 Å². The molecule has 2 aromatic carbocycles. The third-order valence-corrected chi connectivity index (χ3v) is 5.28. The van der Waals surface area contributed by atoms with Gasteiger partial charge < -0.3 is 28.8 Å². The van der Waals surface area contributed by atoms with Gasteiger partial charge in [0.2, 0.25) is 0 Å². The van der Waals surface area contributed by atoms with Gasteiger partial charge in [-0.15, -0.1) is 0 Å². The van der Waals surface area contributed by atoms with Crippen LogP contribution in [-0.2, 0) is 23.7 Å². The third kappa shape index (κ3) is 3.20. The Balaban J connectivity index is 1.38. The summed E-state index contributed by atoms with van der Waals surface area (Å²) in [6, 6.07) is 16.9. The molecule has 29 heavy (non-hydrogen) atoms. The summed E-state index contributed by atoms with van der Waals surface area (Å²) in [7, 11) is 0. The maximum absolute atomic E-state index is 12.5. The van der Waals surface area contributed by atoms with Gasteiger partial charge in [-0.25, -0.2) is 9.59 Å². The van der Waals surface area contributed by atoms with Crippen LogP contribution in [0.2, 0.25) is 0 Å². The molecule has 2 aromatic rings. The molecule has 8 nitrogen and oxygen atoms in total. The van der Waals surface area contributed by atoms with E-state index in [2.05, 4.69) is 0 Å². The fourth-order valence-corrected chi connectivity index (χ4v) is 3.89. The Morgan fingerprint density at radius 2 is 1.10 bits per heavy atom. The maximum atomic E-state index is 12.5. The molecule has 0 amide bonds. The zero-order chi connectivity index (χ0) is 20.0. The molecule has 3 aliphatic heterocycles. The van der Waals surface area contributed by atoms with Crippen molar-refractivity contribution in [3.8, 4) is 0 Å². The SMILES string of the molecule is O=C(O[C@H]1[C@H]2O[C@H]3O[C@@H]1[C@H](O)[C@H](O3)[C@H]2OC(=O)c1ccccc1)c1ccccc1. The van der Waals surface area contributed by atoms with Crippen LogP contribution < -0.4 is 0 Å². The van der Waals surface area contributed by atoms with Crippen molar-refractivity contribution in [3.05, 3.63) is 71.8 Å². The van der Waals surface area contributed by atoms with Crippen LogP contribution in [0, 0.1) is 0 Å². The van der Waals surface area contributed by atoms with Crippen LogP contribution in [0.3, 0.4) is 0 Å². The van der Waals surface area contributed by atoms with Gasteiger partial charge in [-0.05, 0) is 24.3 Å². The van der Waals surface area contributed by atoms with Crippen LogP contribution >= 0.6 is 0 Å². The van der Waals surface area contributed by atoms with E-state index >= 15 is 0 Å². The third-order valence-electron chi connectivity index (χ3n) is 5.28. The minimum Gasteiger partial charge on any atom is -0.453 e. The number of hydrogen-bond donors (Lipinski definition) is 1. The van der Waals surface area contributed by atoms with Crippen molar-refractivity contribution in [2.24, 2.45) is 0 Å². The van der Waals surface area contributed by atoms with E-state index in [1.807, 2.05) is 0 Å². The summed E-state index contributed by atoms with van der Waals surface area (Å²) in [5.41, 5.74) is 0.703. The van der Waals surface area contributed by atoms with Crippen molar-refractivity contribution >= 4 is 11.9 Å². The molecule has 0 radical (unpaired) electrons. The van der Waals surface area contributed by atoms with Gasteiger partial charge in [0, 0.05) is 0 Å². The fourth-order valence-electron chi connectivity index (χ4n) is 3.89. The summed E-state index contributed by atoms with van der Waals surface area (Å²) in [4.78, 5) is 25.1. The van der Waals surface area contributed by atoms with Crippen molar-refractivity contribution < 1.29 is 38.4 Å². The Morgan fingerprint density at radius 1 is 0.690 bits per heavy atom. The molecule has 8 heteroatoms. The number of benzene rings is 2. The Morgan fingerprint density at radius 3 is 1.55 bits per heavy atom. The number of esters is 2. The Labute approximate surface area is 165 Å². The minimum atomic E-state index is -1.14. The normalized spacial score (nSPS) is 34.6. The summed E-state index contributed by atoms with van der Waals surface area (Å²) in [5.74, 6) is -1.17. The second kappa shape index (κ2) is 7.23. The highest BCUT2D eigenvalue weighted by Gasteiger charge is 2.64. The average Bonchev–Trinajstić information content (AvgIpc) is 2.76. The molecule has 150 valence electrons. The first kappa shape index (κ1) is 18.3. The second-order valence-electron chi connectivity index (χ2n) is 7.05. The molecule has 0 aromatic heterocycles. The van der Waals surface area contributed by atoms with Gasteiger partial charge in [0.15, 0.2) is 12.2 Å². The van der Waals surface area contributed by atoms with Gasteiger partial charge in [0.1, 0.15) is 24.4 Å². The van der Waals surface area contributed by atoms with Crippen LogP contribution in [0.5, 0.6) is 0 Å². The highest BCUT2D eigenvalue weighted by atomic mass is 16.9. The quantitative estimate of drug-likeness (QED) is 0.769. The summed E-state index contributed by atoms with van der Waals surface area (Å²) >= 11 is 0. The number of hydrogen-bond acceptors (Lipinski definition) is 8. The predicted molar refractivity (Wildman–Crippen MR) is 95.7 cm³/mol. The van der Waals surface area contributed by atoms with Crippen molar-refractivity contribution in [3.63, 3.8) is 0 Å². The standard InChI is InChI=1S/C21H18O8/c22-13-14-16(25-19(23)11-7-3-1-4-8-11)18-17(15(13)28-21(27-14)29-18)26-20(24)12-9-5-2-6-10-12/h1-10,13-18,21-22H/t13-,14+,15-,16-,17-,18+,21-/m1/s1. The minimum absolute atomic E-state index is 0.352. The molecule has 3 saturated heterocycles. The largest absolute Gasteiger partial charge is 0.453 e. The first-order valence-corrected chi connectivity index (χ1v) is 9.28. The van der Waals surface area contributed by atoms with E-state index in [1.54, 1.807) is 60.7 Å². The molecule has 4 bridgehead atoms. The first-order valence-electron chi connectivity index (χ1n) is 9.28. The van der Waals surface area contributed by atoms with Gasteiger partial charge in [0.05, 0.1) is 11.1 Å². The molecular formula is C21H18O8. The number of aliphatic hydroxyl groups excluding tert-OH is 1. The van der Waals surface area contributed by atoms with E-state index < -0.39 is 55.0 Å². The van der Waals surface area contributed by atoms with Gasteiger partial charge in [-0.2, -0.15) is 0 Å². The van der Waals surface area contributed by atoms with Crippen molar-refractivity contribution in [1.82, 2.24) is 0 Å². The molecule has 7 atom stereocenters. The zero-order valence-corrected chi connectivity index (χ0v) is 15.1. The topological polar surface area (TPSA) is 101 Å². The van der Waals surface area contributed by atoms with Gasteiger partial charge in [0.25, 0.3) is 6.48 Å². The summed E-state index contributed by atoms with van der Waals surface area (Å²) in [6.07, 6.45) is -5.55. The van der Waals surface area contributed by atoms with Gasteiger partial charge in [-0.1, -0.05) is 36.4 Å². The second-order valence-corrected chi connectivity index (χ2v) is 7.05.